The van der Waals surface area contributed by atoms with Crippen LogP contribution in [0, 0.1) is 0 Å². The van der Waals surface area contributed by atoms with Gasteiger partial charge in [0.1, 0.15) is 0 Å². The Morgan fingerprint density at radius 2 is 1.56 bits per heavy atom. The third-order valence-corrected chi connectivity index (χ3v) is 4.81. The molecule has 0 N–H and O–H groups in total. The number of aliphatic imine (C=N–C) groups is 1. The third kappa shape index (κ3) is 5.72. The number of hydrogen-bond donors (Lipinski definition) is 0. The summed E-state index contributed by atoms with van der Waals surface area (Å²) in [6.45, 7) is 3.76. The Bertz CT molecular complexity index is 846. The lowest BCUT2D eigenvalue weighted by Gasteiger charge is -2.11. The summed E-state index contributed by atoms with van der Waals surface area (Å²) in [7, 11) is -3.87. The highest BCUT2D eigenvalue weighted by molar-refractivity contribution is 8.13. The molecule has 0 aromatic heterocycles. The number of ether oxygens (including phenoxy) is 1. The van der Waals surface area contributed by atoms with Gasteiger partial charge in [0.05, 0.1) is 11.0 Å². The van der Waals surface area contributed by atoms with E-state index in [0.29, 0.717) is 10.8 Å². The molecule has 0 unspecified atom stereocenters. The van der Waals surface area contributed by atoms with Gasteiger partial charge in [-0.05, 0) is 32.2 Å². The number of amidine groups is 1. The Morgan fingerprint density at radius 1 is 1.00 bits per heavy atom. The topological polar surface area (TPSA) is 68.1 Å². The fourth-order valence-electron chi connectivity index (χ4n) is 1.89. The lowest BCUT2D eigenvalue weighted by Crippen LogP contribution is -2.12. The van der Waals surface area contributed by atoms with Crippen LogP contribution in [0.5, 0.6) is 0 Å². The molecule has 0 amide bonds. The van der Waals surface area contributed by atoms with E-state index in [1.165, 1.54) is 23.9 Å². The number of sulfonamides is 1. The number of rotatable bonds is 4. The van der Waals surface area contributed by atoms with Gasteiger partial charge in [-0.3, -0.25) is 0 Å². The Labute approximate surface area is 152 Å². The van der Waals surface area contributed by atoms with Crippen LogP contribution >= 0.6 is 11.8 Å². The quantitative estimate of drug-likeness (QED) is 0.598. The predicted molar refractivity (Wildman–Crippen MR) is 104 cm³/mol. The molecule has 0 saturated carbocycles. The Hall–Kier alpha value is -2.12. The Morgan fingerprint density at radius 3 is 2.08 bits per heavy atom. The Balaban J connectivity index is 2.54. The molecule has 0 radical (unpaired) electrons. The summed E-state index contributed by atoms with van der Waals surface area (Å²) in [5.41, 5.74) is 0.598. The molecule has 7 heteroatoms. The molecule has 2 rings (SSSR count). The minimum Gasteiger partial charge on any atom is -0.470 e. The SMILES string of the molecule is CSC(=NC(=NS(=O)(=O)c1ccccc1)c1ccccc1)OC(C)C. The summed E-state index contributed by atoms with van der Waals surface area (Å²) in [5.74, 6) is 0.0921. The lowest BCUT2D eigenvalue weighted by molar-refractivity contribution is 0.237. The molecule has 0 fully saturated rings. The second kappa shape index (κ2) is 8.82. The standard InChI is InChI=1S/C18H20N2O3S2/c1-14(2)23-18(24-3)19-17(15-10-6-4-7-11-15)20-25(21,22)16-12-8-5-9-13-16/h4-14H,1-3H3. The average Bonchev–Trinajstić information content (AvgIpc) is 2.61. The van der Waals surface area contributed by atoms with Crippen LogP contribution in [0.3, 0.4) is 0 Å². The van der Waals surface area contributed by atoms with Crippen molar-refractivity contribution in [3.05, 3.63) is 66.2 Å². The van der Waals surface area contributed by atoms with Crippen LogP contribution in [0.15, 0.2) is 74.9 Å². The van der Waals surface area contributed by atoms with Crippen molar-refractivity contribution in [3.8, 4) is 0 Å². The van der Waals surface area contributed by atoms with Gasteiger partial charge < -0.3 is 4.74 Å². The summed E-state index contributed by atoms with van der Waals surface area (Å²) in [5, 5.41) is 0.362. The number of nitrogens with zero attached hydrogens (tertiary/aromatic N) is 2. The number of thioether (sulfide) groups is 1. The highest BCUT2D eigenvalue weighted by Crippen LogP contribution is 2.15. The maximum atomic E-state index is 12.6. The van der Waals surface area contributed by atoms with E-state index in [1.807, 2.05) is 26.2 Å². The zero-order valence-electron chi connectivity index (χ0n) is 14.3. The average molecular weight is 377 g/mol. The van der Waals surface area contributed by atoms with Gasteiger partial charge in [0.2, 0.25) is 0 Å². The Kier molecular flexibility index (Phi) is 6.78. The maximum absolute atomic E-state index is 12.6. The van der Waals surface area contributed by atoms with E-state index < -0.39 is 10.0 Å². The van der Waals surface area contributed by atoms with Crippen molar-refractivity contribution in [3.63, 3.8) is 0 Å². The van der Waals surface area contributed by atoms with Crippen molar-refractivity contribution < 1.29 is 13.2 Å². The van der Waals surface area contributed by atoms with Gasteiger partial charge in [-0.25, -0.2) is 0 Å². The van der Waals surface area contributed by atoms with Crippen LogP contribution in [-0.4, -0.2) is 31.8 Å². The molecule has 0 atom stereocenters. The van der Waals surface area contributed by atoms with Crippen LogP contribution < -0.4 is 0 Å². The van der Waals surface area contributed by atoms with Crippen LogP contribution in [-0.2, 0) is 14.8 Å². The molecule has 132 valence electrons. The van der Waals surface area contributed by atoms with Gasteiger partial charge in [-0.15, -0.1) is 4.40 Å². The fraction of sp³-hybridized carbons (Fsp3) is 0.222. The molecule has 0 aliphatic heterocycles. The van der Waals surface area contributed by atoms with E-state index in [-0.39, 0.29) is 16.8 Å². The van der Waals surface area contributed by atoms with E-state index >= 15 is 0 Å². The smallest absolute Gasteiger partial charge is 0.284 e. The van der Waals surface area contributed by atoms with Crippen LogP contribution in [0.1, 0.15) is 19.4 Å². The van der Waals surface area contributed by atoms with Crippen molar-refractivity contribution >= 4 is 32.9 Å². The van der Waals surface area contributed by atoms with Crippen molar-refractivity contribution in [2.45, 2.75) is 24.8 Å². The first-order chi connectivity index (χ1) is 11.9. The zero-order chi connectivity index (χ0) is 18.3. The fourth-order valence-corrected chi connectivity index (χ4v) is 3.34. The first-order valence-corrected chi connectivity index (χ1v) is 10.3. The summed E-state index contributed by atoms with van der Waals surface area (Å²) in [4.78, 5) is 4.46. The highest BCUT2D eigenvalue weighted by Gasteiger charge is 2.16. The van der Waals surface area contributed by atoms with Gasteiger partial charge in [-0.1, -0.05) is 60.3 Å². The second-order valence-electron chi connectivity index (χ2n) is 5.32. The molecule has 0 heterocycles. The van der Waals surface area contributed by atoms with Crippen LogP contribution in [0.25, 0.3) is 0 Å². The molecule has 0 saturated heterocycles. The first-order valence-electron chi connectivity index (χ1n) is 7.67. The maximum Gasteiger partial charge on any atom is 0.284 e. The van der Waals surface area contributed by atoms with Gasteiger partial charge in [0.25, 0.3) is 15.3 Å². The highest BCUT2D eigenvalue weighted by atomic mass is 32.2. The molecular formula is C18H20N2O3S2. The van der Waals surface area contributed by atoms with Crippen molar-refractivity contribution in [1.29, 1.82) is 0 Å². The van der Waals surface area contributed by atoms with E-state index in [1.54, 1.807) is 42.5 Å². The summed E-state index contributed by atoms with van der Waals surface area (Å²) in [6, 6.07) is 17.0. The molecule has 0 bridgehead atoms. The zero-order valence-corrected chi connectivity index (χ0v) is 15.9. The third-order valence-electron chi connectivity index (χ3n) is 2.99. The first kappa shape index (κ1) is 19.2. The molecule has 25 heavy (non-hydrogen) atoms. The largest absolute Gasteiger partial charge is 0.470 e. The van der Waals surface area contributed by atoms with Crippen molar-refractivity contribution in [2.24, 2.45) is 9.39 Å². The summed E-state index contributed by atoms with van der Waals surface area (Å²) >= 11 is 1.30. The number of benzene rings is 2. The minimum absolute atomic E-state index is 0.0750. The van der Waals surface area contributed by atoms with E-state index in [0.717, 1.165) is 0 Å². The minimum atomic E-state index is -3.87. The van der Waals surface area contributed by atoms with Crippen LogP contribution in [0.2, 0.25) is 0 Å². The van der Waals surface area contributed by atoms with Crippen molar-refractivity contribution in [2.75, 3.05) is 6.26 Å². The molecule has 0 aliphatic carbocycles. The molecular weight excluding hydrogens is 356 g/mol. The second-order valence-corrected chi connectivity index (χ2v) is 7.68. The molecule has 5 nitrogen and oxygen atoms in total. The van der Waals surface area contributed by atoms with Gasteiger partial charge in [-0.2, -0.15) is 13.4 Å². The molecule has 2 aromatic rings. The summed E-state index contributed by atoms with van der Waals surface area (Å²) < 4.78 is 34.8. The number of hydrogen-bond acceptors (Lipinski definition) is 4. The van der Waals surface area contributed by atoms with Gasteiger partial charge >= 0.3 is 0 Å². The molecule has 0 spiro atoms. The van der Waals surface area contributed by atoms with Gasteiger partial charge in [0, 0.05) is 5.56 Å². The van der Waals surface area contributed by atoms with E-state index in [9.17, 15) is 8.42 Å². The normalized spacial score (nSPS) is 13.1. The predicted octanol–water partition coefficient (Wildman–Crippen LogP) is 3.97. The van der Waals surface area contributed by atoms with E-state index in [2.05, 4.69) is 9.39 Å². The molecule has 2 aromatic carbocycles. The monoisotopic (exact) mass is 376 g/mol. The lowest BCUT2D eigenvalue weighted by atomic mass is 10.2. The summed E-state index contributed by atoms with van der Waals surface area (Å²) in [6.07, 6.45) is 1.74. The van der Waals surface area contributed by atoms with Gasteiger partial charge in [0.15, 0.2) is 5.84 Å². The van der Waals surface area contributed by atoms with E-state index in [4.69, 9.17) is 4.74 Å². The van der Waals surface area contributed by atoms with Crippen LogP contribution in [0.4, 0.5) is 0 Å². The van der Waals surface area contributed by atoms with Crippen molar-refractivity contribution in [1.82, 2.24) is 0 Å². The molecule has 0 aliphatic rings.